The summed E-state index contributed by atoms with van der Waals surface area (Å²) in [4.78, 5) is 14.0. The van der Waals surface area contributed by atoms with Gasteiger partial charge in [-0.2, -0.15) is 0 Å². The van der Waals surface area contributed by atoms with Crippen molar-refractivity contribution < 1.29 is 18.0 Å². The minimum Gasteiger partial charge on any atom is -0.339 e. The highest BCUT2D eigenvalue weighted by atomic mass is 19.1. The van der Waals surface area contributed by atoms with E-state index in [1.807, 2.05) is 0 Å². The smallest absolute Gasteiger partial charge is 0.226 e. The number of carbonyl (C=O) groups is 1. The first-order valence-electron chi connectivity index (χ1n) is 7.86. The van der Waals surface area contributed by atoms with E-state index < -0.39 is 17.7 Å². The molecule has 2 nitrogen and oxygen atoms in total. The maximum atomic E-state index is 13.9. The minimum atomic E-state index is -0.602. The van der Waals surface area contributed by atoms with Gasteiger partial charge in [0.2, 0.25) is 5.91 Å². The second kappa shape index (κ2) is 6.30. The highest BCUT2D eigenvalue weighted by molar-refractivity contribution is 5.83. The highest BCUT2D eigenvalue weighted by Gasteiger charge is 2.47. The van der Waals surface area contributed by atoms with Crippen molar-refractivity contribution in [3.63, 3.8) is 0 Å². The van der Waals surface area contributed by atoms with Crippen LogP contribution >= 0.6 is 0 Å². The van der Waals surface area contributed by atoms with Gasteiger partial charge < -0.3 is 4.90 Å². The summed E-state index contributed by atoms with van der Waals surface area (Å²) in [5.41, 5.74) is 0.669. The van der Waals surface area contributed by atoms with Crippen LogP contribution in [0.3, 0.4) is 0 Å². The lowest BCUT2D eigenvalue weighted by Crippen LogP contribution is -2.31. The molecule has 126 valence electrons. The third kappa shape index (κ3) is 3.03. The molecule has 0 aliphatic heterocycles. The molecule has 0 saturated heterocycles. The molecule has 1 fully saturated rings. The summed E-state index contributed by atoms with van der Waals surface area (Å²) in [5, 5.41) is 0. The van der Waals surface area contributed by atoms with E-state index >= 15 is 0 Å². The number of halogens is 3. The third-order valence-electron chi connectivity index (χ3n) is 4.75. The zero-order valence-corrected chi connectivity index (χ0v) is 13.5. The topological polar surface area (TPSA) is 20.3 Å². The second-order valence-electron chi connectivity index (χ2n) is 6.26. The Labute approximate surface area is 138 Å². The molecule has 3 atom stereocenters. The summed E-state index contributed by atoms with van der Waals surface area (Å²) < 4.78 is 41.1. The second-order valence-corrected chi connectivity index (χ2v) is 6.26. The first-order chi connectivity index (χ1) is 11.4. The van der Waals surface area contributed by atoms with E-state index in [0.29, 0.717) is 12.0 Å². The lowest BCUT2D eigenvalue weighted by molar-refractivity contribution is -0.133. The van der Waals surface area contributed by atoms with Crippen molar-refractivity contribution in [2.45, 2.75) is 25.3 Å². The molecule has 0 heterocycles. The highest BCUT2D eigenvalue weighted by Crippen LogP contribution is 2.49. The van der Waals surface area contributed by atoms with Gasteiger partial charge in [-0.1, -0.05) is 18.2 Å². The lowest BCUT2D eigenvalue weighted by atomic mass is 10.0. The molecule has 1 aliphatic carbocycles. The van der Waals surface area contributed by atoms with Gasteiger partial charge >= 0.3 is 0 Å². The Hall–Kier alpha value is -2.30. The van der Waals surface area contributed by atoms with Crippen LogP contribution in [0.5, 0.6) is 0 Å². The van der Waals surface area contributed by atoms with Crippen LogP contribution in [-0.2, 0) is 4.79 Å². The number of hydrogen-bond acceptors (Lipinski definition) is 1. The van der Waals surface area contributed by atoms with Crippen LogP contribution in [0.2, 0.25) is 0 Å². The first kappa shape index (κ1) is 16.6. The minimum absolute atomic E-state index is 0.133. The van der Waals surface area contributed by atoms with Crippen LogP contribution in [-0.4, -0.2) is 17.9 Å². The van der Waals surface area contributed by atoms with E-state index in [-0.39, 0.29) is 29.1 Å². The largest absolute Gasteiger partial charge is 0.339 e. The average molecular weight is 333 g/mol. The summed E-state index contributed by atoms with van der Waals surface area (Å²) in [6.45, 7) is 1.65. The SMILES string of the molecule is CC(c1cc(F)ccc1F)N(C)C(=O)C1CC1c1ccccc1F. The fourth-order valence-corrected chi connectivity index (χ4v) is 3.08. The summed E-state index contributed by atoms with van der Waals surface area (Å²) in [5.74, 6) is -2.06. The zero-order valence-electron chi connectivity index (χ0n) is 13.5. The van der Waals surface area contributed by atoms with Crippen LogP contribution in [0.1, 0.15) is 36.4 Å². The predicted molar refractivity (Wildman–Crippen MR) is 84.8 cm³/mol. The number of benzene rings is 2. The average Bonchev–Trinajstić information content (AvgIpc) is 3.36. The van der Waals surface area contributed by atoms with Crippen LogP contribution < -0.4 is 0 Å². The molecule has 1 amide bonds. The maximum absolute atomic E-state index is 13.9. The molecule has 5 heteroatoms. The van der Waals surface area contributed by atoms with E-state index in [1.54, 1.807) is 32.2 Å². The van der Waals surface area contributed by atoms with E-state index in [9.17, 15) is 18.0 Å². The van der Waals surface area contributed by atoms with Crippen LogP contribution in [0.25, 0.3) is 0 Å². The fraction of sp³-hybridized carbons (Fsp3) is 0.316. The maximum Gasteiger partial charge on any atom is 0.226 e. The fourth-order valence-electron chi connectivity index (χ4n) is 3.08. The van der Waals surface area contributed by atoms with Gasteiger partial charge in [-0.05, 0) is 49.1 Å². The standard InChI is InChI=1S/C19H18F3NO/c1-11(14-9-12(20)7-8-18(14)22)23(2)19(24)16-10-15(16)13-5-3-4-6-17(13)21/h3-9,11,15-16H,10H2,1-2H3. The normalized spacial score (nSPS) is 20.5. The summed E-state index contributed by atoms with van der Waals surface area (Å²) in [7, 11) is 1.56. The Kier molecular flexibility index (Phi) is 4.35. The molecule has 0 radical (unpaired) electrons. The van der Waals surface area contributed by atoms with Crippen molar-refractivity contribution in [2.24, 2.45) is 5.92 Å². The molecule has 1 aliphatic rings. The molecule has 0 spiro atoms. The number of carbonyl (C=O) groups excluding carboxylic acids is 1. The Bertz CT molecular complexity index is 777. The quantitative estimate of drug-likeness (QED) is 0.811. The predicted octanol–water partition coefficient (Wildman–Crippen LogP) is 4.43. The molecule has 2 aromatic rings. The van der Waals surface area contributed by atoms with Crippen molar-refractivity contribution in [3.8, 4) is 0 Å². The molecule has 24 heavy (non-hydrogen) atoms. The molecule has 3 unspecified atom stereocenters. The molecule has 1 saturated carbocycles. The number of rotatable bonds is 4. The number of hydrogen-bond donors (Lipinski definition) is 0. The third-order valence-corrected chi connectivity index (χ3v) is 4.75. The van der Waals surface area contributed by atoms with Crippen LogP contribution in [0, 0.1) is 23.4 Å². The first-order valence-corrected chi connectivity index (χ1v) is 7.86. The van der Waals surface area contributed by atoms with E-state index in [2.05, 4.69) is 0 Å². The van der Waals surface area contributed by atoms with Gasteiger partial charge in [0.25, 0.3) is 0 Å². The Morgan fingerprint density at radius 3 is 2.54 bits per heavy atom. The molecular weight excluding hydrogens is 315 g/mol. The summed E-state index contributed by atoms with van der Waals surface area (Å²) in [6, 6.07) is 9.01. The van der Waals surface area contributed by atoms with Gasteiger partial charge in [-0.3, -0.25) is 4.79 Å². The Morgan fingerprint density at radius 2 is 1.83 bits per heavy atom. The molecule has 0 bridgehead atoms. The van der Waals surface area contributed by atoms with Crippen molar-refractivity contribution in [3.05, 3.63) is 71.0 Å². The van der Waals surface area contributed by atoms with E-state index in [1.165, 1.54) is 11.0 Å². The zero-order chi connectivity index (χ0) is 17.4. The lowest BCUT2D eigenvalue weighted by Gasteiger charge is -2.26. The number of amides is 1. The molecule has 2 aromatic carbocycles. The number of nitrogens with zero attached hydrogens (tertiary/aromatic N) is 1. The molecule has 3 rings (SSSR count). The van der Waals surface area contributed by atoms with Crippen LogP contribution in [0.4, 0.5) is 13.2 Å². The monoisotopic (exact) mass is 333 g/mol. The van der Waals surface area contributed by atoms with Crippen molar-refractivity contribution >= 4 is 5.91 Å². The van der Waals surface area contributed by atoms with E-state index in [4.69, 9.17) is 0 Å². The summed E-state index contributed by atoms with van der Waals surface area (Å²) in [6.07, 6.45) is 0.572. The van der Waals surface area contributed by atoms with Crippen molar-refractivity contribution in [2.75, 3.05) is 7.05 Å². The molecule has 0 N–H and O–H groups in total. The van der Waals surface area contributed by atoms with Gasteiger partial charge in [0.05, 0.1) is 6.04 Å². The van der Waals surface area contributed by atoms with Crippen molar-refractivity contribution in [1.82, 2.24) is 4.90 Å². The van der Waals surface area contributed by atoms with Crippen molar-refractivity contribution in [1.29, 1.82) is 0 Å². The van der Waals surface area contributed by atoms with Gasteiger partial charge in [0.15, 0.2) is 0 Å². The Balaban J connectivity index is 1.74. The van der Waals surface area contributed by atoms with Gasteiger partial charge in [0, 0.05) is 18.5 Å². The Morgan fingerprint density at radius 1 is 1.12 bits per heavy atom. The molecule has 0 aromatic heterocycles. The van der Waals surface area contributed by atoms with Gasteiger partial charge in [-0.15, -0.1) is 0 Å². The van der Waals surface area contributed by atoms with Crippen LogP contribution in [0.15, 0.2) is 42.5 Å². The summed E-state index contributed by atoms with van der Waals surface area (Å²) >= 11 is 0. The molecular formula is C19H18F3NO. The van der Waals surface area contributed by atoms with Gasteiger partial charge in [0.1, 0.15) is 17.5 Å². The van der Waals surface area contributed by atoms with E-state index in [0.717, 1.165) is 18.2 Å². The van der Waals surface area contributed by atoms with Gasteiger partial charge in [-0.25, -0.2) is 13.2 Å².